The van der Waals surface area contributed by atoms with E-state index < -0.39 is 0 Å². The van der Waals surface area contributed by atoms with Crippen molar-refractivity contribution < 1.29 is 9.15 Å². The molecule has 0 aromatic carbocycles. The van der Waals surface area contributed by atoms with Crippen LogP contribution in [0.3, 0.4) is 0 Å². The second-order valence-corrected chi connectivity index (χ2v) is 3.57. The largest absolute Gasteiger partial charge is 0.450 e. The number of ether oxygens (including phenoxy) is 1. The molecule has 0 spiro atoms. The van der Waals surface area contributed by atoms with Gasteiger partial charge in [-0.05, 0) is 6.42 Å². The smallest absolute Gasteiger partial charge is 0.393 e. The summed E-state index contributed by atoms with van der Waals surface area (Å²) in [5.41, 5.74) is 0.859. The van der Waals surface area contributed by atoms with Gasteiger partial charge in [0.2, 0.25) is 0 Å². The fourth-order valence-electron chi connectivity index (χ4n) is 0.974. The molecule has 0 aliphatic rings. The van der Waals surface area contributed by atoms with E-state index in [-0.39, 0.29) is 0 Å². The normalized spacial score (nSPS) is 10.6. The van der Waals surface area contributed by atoms with Crippen molar-refractivity contribution in [1.82, 2.24) is 10.3 Å². The Kier molecular flexibility index (Phi) is 4.90. The van der Waals surface area contributed by atoms with Crippen LogP contribution in [-0.2, 0) is 6.54 Å². The van der Waals surface area contributed by atoms with E-state index in [0.717, 1.165) is 12.1 Å². The Morgan fingerprint density at radius 2 is 2.47 bits per heavy atom. The van der Waals surface area contributed by atoms with Gasteiger partial charge in [-0.15, -0.1) is 6.58 Å². The zero-order valence-corrected chi connectivity index (χ0v) is 9.32. The van der Waals surface area contributed by atoms with Crippen LogP contribution in [0.4, 0.5) is 0 Å². The fraction of sp³-hybridized carbons (Fsp3) is 0.545. The predicted octanol–water partition coefficient (Wildman–Crippen LogP) is 2.13. The van der Waals surface area contributed by atoms with Crippen molar-refractivity contribution in [3.05, 3.63) is 24.6 Å². The third-order valence-electron chi connectivity index (χ3n) is 1.77. The molecule has 0 unspecified atom stereocenters. The highest BCUT2D eigenvalue weighted by atomic mass is 16.6. The molecule has 1 N–H and O–H groups in total. The Morgan fingerprint density at radius 1 is 1.67 bits per heavy atom. The molecule has 0 saturated heterocycles. The van der Waals surface area contributed by atoms with Gasteiger partial charge in [0.15, 0.2) is 0 Å². The van der Waals surface area contributed by atoms with Crippen molar-refractivity contribution in [2.45, 2.75) is 32.9 Å². The van der Waals surface area contributed by atoms with E-state index in [1.54, 1.807) is 12.3 Å². The molecular formula is C11H18N2O2. The minimum absolute atomic E-state index is 0.331. The lowest BCUT2D eigenvalue weighted by molar-refractivity contribution is 0.235. The minimum atomic E-state index is 0.331. The predicted molar refractivity (Wildman–Crippen MR) is 58.8 cm³/mol. The van der Waals surface area contributed by atoms with Gasteiger partial charge < -0.3 is 14.5 Å². The van der Waals surface area contributed by atoms with E-state index in [0.29, 0.717) is 25.3 Å². The first-order valence-corrected chi connectivity index (χ1v) is 5.14. The number of aromatic nitrogens is 1. The highest BCUT2D eigenvalue weighted by molar-refractivity contribution is 4.99. The number of rotatable bonds is 7. The maximum atomic E-state index is 5.26. The lowest BCUT2D eigenvalue weighted by Gasteiger charge is -2.03. The number of nitrogens with one attached hydrogen (secondary N) is 1. The van der Waals surface area contributed by atoms with Gasteiger partial charge >= 0.3 is 6.08 Å². The van der Waals surface area contributed by atoms with E-state index >= 15 is 0 Å². The van der Waals surface area contributed by atoms with E-state index in [4.69, 9.17) is 9.15 Å². The van der Waals surface area contributed by atoms with Crippen LogP contribution in [0.1, 0.15) is 26.0 Å². The Balaban J connectivity index is 2.32. The first-order chi connectivity index (χ1) is 7.22. The molecule has 15 heavy (non-hydrogen) atoms. The summed E-state index contributed by atoms with van der Waals surface area (Å²) in [6.07, 6.45) is 4.53. The molecule has 0 aliphatic heterocycles. The third kappa shape index (κ3) is 4.65. The van der Waals surface area contributed by atoms with Gasteiger partial charge in [0.25, 0.3) is 0 Å². The van der Waals surface area contributed by atoms with E-state index in [1.165, 1.54) is 0 Å². The summed E-state index contributed by atoms with van der Waals surface area (Å²) in [7, 11) is 0. The maximum Gasteiger partial charge on any atom is 0.393 e. The average molecular weight is 210 g/mol. The first kappa shape index (κ1) is 11.8. The Hall–Kier alpha value is -1.29. The quantitative estimate of drug-likeness (QED) is 0.553. The summed E-state index contributed by atoms with van der Waals surface area (Å²) >= 11 is 0. The summed E-state index contributed by atoms with van der Waals surface area (Å²) < 4.78 is 10.4. The average Bonchev–Trinajstić information content (AvgIpc) is 2.63. The molecule has 0 atom stereocenters. The van der Waals surface area contributed by atoms with E-state index in [2.05, 4.69) is 30.7 Å². The van der Waals surface area contributed by atoms with Crippen LogP contribution in [0.5, 0.6) is 6.08 Å². The SMILES string of the molecule is C=CCCOc1nc(CNC(C)C)co1. The maximum absolute atomic E-state index is 5.26. The van der Waals surface area contributed by atoms with Gasteiger partial charge in [0.1, 0.15) is 6.26 Å². The topological polar surface area (TPSA) is 47.3 Å². The van der Waals surface area contributed by atoms with E-state index in [1.807, 2.05) is 0 Å². The molecule has 0 aliphatic carbocycles. The van der Waals surface area contributed by atoms with Crippen molar-refractivity contribution >= 4 is 0 Å². The van der Waals surface area contributed by atoms with Gasteiger partial charge in [-0.1, -0.05) is 19.9 Å². The molecule has 0 radical (unpaired) electrons. The summed E-state index contributed by atoms with van der Waals surface area (Å²) in [5, 5.41) is 3.25. The van der Waals surface area contributed by atoms with Crippen LogP contribution in [0.2, 0.25) is 0 Å². The van der Waals surface area contributed by atoms with Crippen molar-refractivity contribution in [2.75, 3.05) is 6.61 Å². The van der Waals surface area contributed by atoms with Gasteiger partial charge in [0.05, 0.1) is 12.3 Å². The van der Waals surface area contributed by atoms with Crippen LogP contribution in [0.25, 0.3) is 0 Å². The molecule has 1 aromatic rings. The van der Waals surface area contributed by atoms with Crippen molar-refractivity contribution in [1.29, 1.82) is 0 Å². The van der Waals surface area contributed by atoms with Crippen molar-refractivity contribution in [2.24, 2.45) is 0 Å². The van der Waals surface area contributed by atoms with Crippen molar-refractivity contribution in [3.8, 4) is 6.08 Å². The molecule has 1 rings (SSSR count). The third-order valence-corrected chi connectivity index (χ3v) is 1.77. The molecule has 0 fully saturated rings. The summed E-state index contributed by atoms with van der Waals surface area (Å²) in [4.78, 5) is 4.17. The Labute approximate surface area is 90.3 Å². The standard InChI is InChI=1S/C11H18N2O2/c1-4-5-6-14-11-13-10(8-15-11)7-12-9(2)3/h4,8-9,12H,1,5-7H2,2-3H3. The van der Waals surface area contributed by atoms with Crippen LogP contribution < -0.4 is 10.1 Å². The van der Waals surface area contributed by atoms with Crippen LogP contribution in [-0.4, -0.2) is 17.6 Å². The lowest BCUT2D eigenvalue weighted by Crippen LogP contribution is -2.21. The molecular weight excluding hydrogens is 192 g/mol. The van der Waals surface area contributed by atoms with Crippen LogP contribution >= 0.6 is 0 Å². The summed E-state index contributed by atoms with van der Waals surface area (Å²) in [6, 6.07) is 0.437. The second-order valence-electron chi connectivity index (χ2n) is 3.57. The first-order valence-electron chi connectivity index (χ1n) is 5.14. The molecule has 4 heteroatoms. The van der Waals surface area contributed by atoms with Gasteiger partial charge in [-0.25, -0.2) is 0 Å². The zero-order chi connectivity index (χ0) is 11.1. The highest BCUT2D eigenvalue weighted by Crippen LogP contribution is 2.10. The molecule has 1 heterocycles. The van der Waals surface area contributed by atoms with Gasteiger partial charge in [0, 0.05) is 12.6 Å². The number of hydrogen-bond donors (Lipinski definition) is 1. The second kappa shape index (κ2) is 6.24. The summed E-state index contributed by atoms with van der Waals surface area (Å²) in [6.45, 7) is 9.03. The van der Waals surface area contributed by atoms with E-state index in [9.17, 15) is 0 Å². The number of hydrogen-bond acceptors (Lipinski definition) is 4. The minimum Gasteiger partial charge on any atom is -0.450 e. The Bertz CT molecular complexity index is 295. The zero-order valence-electron chi connectivity index (χ0n) is 9.32. The molecule has 0 amide bonds. The van der Waals surface area contributed by atoms with Crippen LogP contribution in [0.15, 0.2) is 23.3 Å². The van der Waals surface area contributed by atoms with Crippen LogP contribution in [0, 0.1) is 0 Å². The van der Waals surface area contributed by atoms with Crippen molar-refractivity contribution in [3.63, 3.8) is 0 Å². The molecule has 0 saturated carbocycles. The lowest BCUT2D eigenvalue weighted by atomic mass is 10.4. The van der Waals surface area contributed by atoms with Gasteiger partial charge in [-0.2, -0.15) is 4.98 Å². The fourth-order valence-corrected chi connectivity index (χ4v) is 0.974. The Morgan fingerprint density at radius 3 is 3.13 bits per heavy atom. The molecule has 1 aromatic heterocycles. The monoisotopic (exact) mass is 210 g/mol. The number of oxazole rings is 1. The number of nitrogens with zero attached hydrogens (tertiary/aromatic N) is 1. The van der Waals surface area contributed by atoms with Gasteiger partial charge in [-0.3, -0.25) is 0 Å². The molecule has 0 bridgehead atoms. The summed E-state index contributed by atoms with van der Waals surface area (Å²) in [5.74, 6) is 0. The molecule has 4 nitrogen and oxygen atoms in total. The molecule has 84 valence electrons. The highest BCUT2D eigenvalue weighted by Gasteiger charge is 2.04.